The minimum Gasteiger partial charge on any atom is -0.395 e. The summed E-state index contributed by atoms with van der Waals surface area (Å²) in [5, 5.41) is 7.04. The summed E-state index contributed by atoms with van der Waals surface area (Å²) >= 11 is 0. The van der Waals surface area contributed by atoms with E-state index in [1.807, 2.05) is 31.2 Å². The van der Waals surface area contributed by atoms with Crippen LogP contribution in [0.5, 0.6) is 0 Å². The molecule has 0 atom stereocenters. The predicted molar refractivity (Wildman–Crippen MR) is 76.1 cm³/mol. The van der Waals surface area contributed by atoms with Crippen LogP contribution < -0.4 is 11.1 Å². The van der Waals surface area contributed by atoms with Crippen molar-refractivity contribution in [2.75, 3.05) is 11.1 Å². The fourth-order valence-corrected chi connectivity index (χ4v) is 2.08. The molecule has 5 nitrogen and oxygen atoms in total. The number of amides is 1. The molecule has 0 saturated carbocycles. The van der Waals surface area contributed by atoms with Gasteiger partial charge in [-0.1, -0.05) is 25.1 Å². The van der Waals surface area contributed by atoms with Gasteiger partial charge in [0.15, 0.2) is 0 Å². The van der Waals surface area contributed by atoms with Crippen LogP contribution in [0.2, 0.25) is 0 Å². The van der Waals surface area contributed by atoms with Crippen LogP contribution in [0.15, 0.2) is 24.3 Å². The number of nitrogen functional groups attached to an aromatic ring is 1. The zero-order chi connectivity index (χ0) is 14.0. The zero-order valence-corrected chi connectivity index (χ0v) is 11.4. The van der Waals surface area contributed by atoms with Crippen molar-refractivity contribution in [1.29, 1.82) is 0 Å². The third-order valence-corrected chi connectivity index (χ3v) is 3.13. The first-order valence-electron chi connectivity index (χ1n) is 6.23. The summed E-state index contributed by atoms with van der Waals surface area (Å²) < 4.78 is 1.51. The van der Waals surface area contributed by atoms with Crippen LogP contribution in [0, 0.1) is 6.92 Å². The van der Waals surface area contributed by atoms with E-state index in [1.165, 1.54) is 4.68 Å². The lowest BCUT2D eigenvalue weighted by molar-refractivity contribution is 0.101. The van der Waals surface area contributed by atoms with Crippen LogP contribution in [-0.2, 0) is 13.5 Å². The third kappa shape index (κ3) is 2.45. The van der Waals surface area contributed by atoms with Gasteiger partial charge in [-0.05, 0) is 25.0 Å². The van der Waals surface area contributed by atoms with Crippen molar-refractivity contribution in [2.45, 2.75) is 20.3 Å². The molecule has 0 aliphatic rings. The number of aromatic nitrogens is 2. The number of nitrogens with two attached hydrogens (primary N) is 1. The number of nitrogens with zero attached hydrogens (tertiary/aromatic N) is 2. The largest absolute Gasteiger partial charge is 0.395 e. The molecular formula is C14H18N4O. The van der Waals surface area contributed by atoms with E-state index in [4.69, 9.17) is 5.73 Å². The van der Waals surface area contributed by atoms with E-state index in [1.54, 1.807) is 14.0 Å². The molecule has 5 heteroatoms. The van der Waals surface area contributed by atoms with E-state index in [0.717, 1.165) is 17.7 Å². The third-order valence-electron chi connectivity index (χ3n) is 3.13. The van der Waals surface area contributed by atoms with E-state index < -0.39 is 0 Å². The summed E-state index contributed by atoms with van der Waals surface area (Å²) in [5.41, 5.74) is 9.27. The number of carbonyl (C=O) groups is 1. The Kier molecular flexibility index (Phi) is 3.55. The van der Waals surface area contributed by atoms with Crippen molar-refractivity contribution in [3.05, 3.63) is 41.2 Å². The van der Waals surface area contributed by atoms with Crippen molar-refractivity contribution in [1.82, 2.24) is 9.78 Å². The molecule has 1 aromatic carbocycles. The summed E-state index contributed by atoms with van der Waals surface area (Å²) in [5.74, 6) is -0.235. The Morgan fingerprint density at radius 3 is 2.68 bits per heavy atom. The molecule has 3 N–H and O–H groups in total. The van der Waals surface area contributed by atoms with Crippen molar-refractivity contribution < 1.29 is 4.79 Å². The molecule has 1 heterocycles. The van der Waals surface area contributed by atoms with Crippen molar-refractivity contribution in [3.63, 3.8) is 0 Å². The van der Waals surface area contributed by atoms with Crippen LogP contribution in [0.1, 0.15) is 28.7 Å². The molecule has 0 aliphatic heterocycles. The maximum atomic E-state index is 12.3. The van der Waals surface area contributed by atoms with E-state index in [0.29, 0.717) is 17.1 Å². The second kappa shape index (κ2) is 5.14. The molecule has 0 aliphatic carbocycles. The molecule has 0 bridgehead atoms. The molecule has 0 radical (unpaired) electrons. The predicted octanol–water partition coefficient (Wildman–Crippen LogP) is 2.13. The second-order valence-electron chi connectivity index (χ2n) is 4.44. The van der Waals surface area contributed by atoms with Gasteiger partial charge in [-0.3, -0.25) is 9.48 Å². The number of benzene rings is 1. The Bertz CT molecular complexity index is 616. The van der Waals surface area contributed by atoms with Gasteiger partial charge in [-0.15, -0.1) is 0 Å². The Morgan fingerprint density at radius 1 is 1.42 bits per heavy atom. The van der Waals surface area contributed by atoms with Gasteiger partial charge in [0, 0.05) is 12.7 Å². The summed E-state index contributed by atoms with van der Waals surface area (Å²) in [6, 6.07) is 7.73. The van der Waals surface area contributed by atoms with Gasteiger partial charge in [-0.2, -0.15) is 5.10 Å². The van der Waals surface area contributed by atoms with E-state index in [2.05, 4.69) is 10.4 Å². The topological polar surface area (TPSA) is 72.9 Å². The van der Waals surface area contributed by atoms with E-state index in [-0.39, 0.29) is 5.91 Å². The monoisotopic (exact) mass is 258 g/mol. The molecule has 1 aromatic heterocycles. The number of para-hydroxylation sites is 1. The molecule has 100 valence electrons. The molecule has 0 fully saturated rings. The number of nitrogens with one attached hydrogen (secondary N) is 1. The number of rotatable bonds is 3. The van der Waals surface area contributed by atoms with Gasteiger partial charge >= 0.3 is 0 Å². The fraction of sp³-hybridized carbons (Fsp3) is 0.286. The lowest BCUT2D eigenvalue weighted by Crippen LogP contribution is -2.18. The van der Waals surface area contributed by atoms with Crippen LogP contribution in [0.4, 0.5) is 11.4 Å². The average molecular weight is 258 g/mol. The molecule has 2 aromatic rings. The molecule has 0 saturated heterocycles. The first-order valence-corrected chi connectivity index (χ1v) is 6.23. The Hall–Kier alpha value is -2.30. The number of aryl methyl sites for hydroxylation is 3. The highest BCUT2D eigenvalue weighted by Gasteiger charge is 2.18. The van der Waals surface area contributed by atoms with Crippen molar-refractivity contribution in [3.8, 4) is 0 Å². The lowest BCUT2D eigenvalue weighted by Gasteiger charge is -2.10. The Labute approximate surface area is 112 Å². The zero-order valence-electron chi connectivity index (χ0n) is 11.4. The smallest absolute Gasteiger partial charge is 0.276 e. The van der Waals surface area contributed by atoms with Gasteiger partial charge < -0.3 is 11.1 Å². The first-order chi connectivity index (χ1) is 9.04. The number of hydrogen-bond acceptors (Lipinski definition) is 3. The quantitative estimate of drug-likeness (QED) is 0.885. The highest BCUT2D eigenvalue weighted by molar-refractivity contribution is 6.07. The Morgan fingerprint density at radius 2 is 2.11 bits per heavy atom. The van der Waals surface area contributed by atoms with E-state index >= 15 is 0 Å². The van der Waals surface area contributed by atoms with Crippen LogP contribution >= 0.6 is 0 Å². The van der Waals surface area contributed by atoms with Crippen molar-refractivity contribution >= 4 is 17.3 Å². The first kappa shape index (κ1) is 13.1. The maximum Gasteiger partial charge on any atom is 0.276 e. The molecule has 0 unspecified atom stereocenters. The van der Waals surface area contributed by atoms with Gasteiger partial charge in [0.05, 0.1) is 11.4 Å². The molecule has 2 rings (SSSR count). The number of anilines is 2. The van der Waals surface area contributed by atoms with Crippen molar-refractivity contribution in [2.24, 2.45) is 7.05 Å². The van der Waals surface area contributed by atoms with Crippen LogP contribution in [-0.4, -0.2) is 15.7 Å². The molecule has 0 spiro atoms. The van der Waals surface area contributed by atoms with E-state index in [9.17, 15) is 4.79 Å². The van der Waals surface area contributed by atoms with Gasteiger partial charge in [-0.25, -0.2) is 0 Å². The molecule has 19 heavy (non-hydrogen) atoms. The van der Waals surface area contributed by atoms with Gasteiger partial charge in [0.25, 0.3) is 5.91 Å². The summed E-state index contributed by atoms with van der Waals surface area (Å²) in [6.07, 6.45) is 0.857. The SMILES string of the molecule is CCc1ccccc1NC(=O)c1c(N)c(C)nn1C. The highest BCUT2D eigenvalue weighted by Crippen LogP contribution is 2.20. The lowest BCUT2D eigenvalue weighted by atomic mass is 10.1. The molecule has 1 amide bonds. The fourth-order valence-electron chi connectivity index (χ4n) is 2.08. The standard InChI is InChI=1S/C14H18N4O/c1-4-10-7-5-6-8-11(10)16-14(19)13-12(15)9(2)17-18(13)3/h5-8H,4,15H2,1-3H3,(H,16,19). The van der Waals surface area contributed by atoms with Gasteiger partial charge in [0.2, 0.25) is 0 Å². The van der Waals surface area contributed by atoms with Gasteiger partial charge in [0.1, 0.15) is 5.69 Å². The Balaban J connectivity index is 2.31. The summed E-state index contributed by atoms with van der Waals surface area (Å²) in [6.45, 7) is 3.83. The number of carbonyl (C=O) groups excluding carboxylic acids is 1. The van der Waals surface area contributed by atoms with Crippen LogP contribution in [0.25, 0.3) is 0 Å². The summed E-state index contributed by atoms with van der Waals surface area (Å²) in [7, 11) is 1.71. The maximum absolute atomic E-state index is 12.3. The normalized spacial score (nSPS) is 10.5. The summed E-state index contributed by atoms with van der Waals surface area (Å²) in [4.78, 5) is 12.3. The number of hydrogen-bond donors (Lipinski definition) is 2. The minimum absolute atomic E-state index is 0.235. The van der Waals surface area contributed by atoms with Crippen LogP contribution in [0.3, 0.4) is 0 Å². The second-order valence-corrected chi connectivity index (χ2v) is 4.44. The highest BCUT2D eigenvalue weighted by atomic mass is 16.2. The minimum atomic E-state index is -0.235. The average Bonchev–Trinajstić information content (AvgIpc) is 2.64. The molecular weight excluding hydrogens is 240 g/mol.